The van der Waals surface area contributed by atoms with E-state index in [-0.39, 0.29) is 0 Å². The zero-order valence-corrected chi connectivity index (χ0v) is 19.0. The molecule has 1 aliphatic heterocycles. The van der Waals surface area contributed by atoms with Crippen molar-refractivity contribution >= 4 is 41.6 Å². The van der Waals surface area contributed by atoms with Crippen LogP contribution in [0.3, 0.4) is 0 Å². The molecule has 174 valence electrons. The summed E-state index contributed by atoms with van der Waals surface area (Å²) in [6, 6.07) is 8.12. The van der Waals surface area contributed by atoms with Crippen LogP contribution >= 0.6 is 11.6 Å². The molecule has 0 saturated carbocycles. The molecule has 1 fully saturated rings. The lowest BCUT2D eigenvalue weighted by Crippen LogP contribution is -2.44. The van der Waals surface area contributed by atoms with Crippen LogP contribution in [-0.4, -0.2) is 58.1 Å². The number of carbonyl (C=O) groups is 4. The fourth-order valence-electron chi connectivity index (χ4n) is 2.88. The van der Waals surface area contributed by atoms with Gasteiger partial charge in [0.1, 0.15) is 29.7 Å². The number of nitrogens with zero attached hydrogens (tertiary/aromatic N) is 3. The summed E-state index contributed by atoms with van der Waals surface area (Å²) in [6.07, 6.45) is 0.692. The molecule has 0 spiro atoms. The van der Waals surface area contributed by atoms with Crippen LogP contribution in [0.25, 0.3) is 11.3 Å². The normalized spacial score (nSPS) is 15.4. The predicted molar refractivity (Wildman–Crippen MR) is 119 cm³/mol. The van der Waals surface area contributed by atoms with Crippen molar-refractivity contribution in [3.63, 3.8) is 0 Å². The molecular formula is C22H23ClN4O6. The molecule has 0 bridgehead atoms. The third-order valence-electron chi connectivity index (χ3n) is 4.38. The van der Waals surface area contributed by atoms with Crippen molar-refractivity contribution in [3.8, 4) is 11.3 Å². The van der Waals surface area contributed by atoms with E-state index in [1.165, 1.54) is 6.21 Å². The van der Waals surface area contributed by atoms with E-state index >= 15 is 0 Å². The molecule has 1 atom stereocenters. The minimum absolute atomic E-state index is 0.330. The van der Waals surface area contributed by atoms with E-state index in [0.717, 1.165) is 10.6 Å². The Morgan fingerprint density at radius 1 is 1.21 bits per heavy atom. The first-order valence-corrected chi connectivity index (χ1v) is 10.4. The van der Waals surface area contributed by atoms with Crippen molar-refractivity contribution < 1.29 is 28.3 Å². The molecule has 2 aromatic rings. The lowest BCUT2D eigenvalue weighted by Gasteiger charge is -2.22. The minimum atomic E-state index is -1.32. The molecule has 1 aromatic heterocycles. The first-order chi connectivity index (χ1) is 15.4. The van der Waals surface area contributed by atoms with Gasteiger partial charge in [-0.2, -0.15) is 10.0 Å². The van der Waals surface area contributed by atoms with Crippen LogP contribution in [0.15, 0.2) is 45.9 Å². The highest BCUT2D eigenvalue weighted by atomic mass is 35.5. The number of imide groups is 3. The molecule has 2 heterocycles. The molecular weight excluding hydrogens is 452 g/mol. The number of hydrogen-bond acceptors (Lipinski definition) is 8. The second kappa shape index (κ2) is 9.55. The summed E-state index contributed by atoms with van der Waals surface area (Å²) in [5.41, 5.74) is 5.71. The van der Waals surface area contributed by atoms with Gasteiger partial charge >= 0.3 is 12.0 Å². The van der Waals surface area contributed by atoms with Crippen LogP contribution in [0.4, 0.5) is 4.79 Å². The molecule has 0 aliphatic carbocycles. The number of hydrogen-bond donors (Lipinski definition) is 1. The number of esters is 1. The summed E-state index contributed by atoms with van der Waals surface area (Å²) in [5.74, 6) is -1.61. The molecule has 33 heavy (non-hydrogen) atoms. The van der Waals surface area contributed by atoms with Gasteiger partial charge < -0.3 is 14.9 Å². The number of carbonyl (C=O) groups excluding carboxylic acids is 4. The number of urea groups is 1. The number of furan rings is 1. The van der Waals surface area contributed by atoms with Crippen LogP contribution in [-0.2, 0) is 19.1 Å². The van der Waals surface area contributed by atoms with Crippen molar-refractivity contribution in [1.82, 2.24) is 9.91 Å². The molecule has 4 amide bonds. The highest BCUT2D eigenvalue weighted by Gasteiger charge is 2.41. The third-order valence-corrected chi connectivity index (χ3v) is 4.63. The Labute approximate surface area is 194 Å². The average Bonchev–Trinajstić information content (AvgIpc) is 3.29. The fraction of sp³-hybridized carbons (Fsp3) is 0.318. The molecule has 1 aromatic carbocycles. The van der Waals surface area contributed by atoms with Crippen molar-refractivity contribution in [3.05, 3.63) is 47.2 Å². The predicted octanol–water partition coefficient (Wildman–Crippen LogP) is 2.78. The number of rotatable bonds is 6. The fourth-order valence-corrected chi connectivity index (χ4v) is 3.01. The summed E-state index contributed by atoms with van der Waals surface area (Å²) >= 11 is 5.88. The van der Waals surface area contributed by atoms with E-state index in [1.54, 1.807) is 57.2 Å². The lowest BCUT2D eigenvalue weighted by atomic mass is 10.1. The number of benzene rings is 1. The van der Waals surface area contributed by atoms with E-state index in [4.69, 9.17) is 26.5 Å². The minimum Gasteiger partial charge on any atom is -0.459 e. The maximum atomic E-state index is 12.5. The maximum absolute atomic E-state index is 12.5. The quantitative estimate of drug-likeness (QED) is 0.386. The van der Waals surface area contributed by atoms with E-state index in [1.807, 2.05) is 0 Å². The largest absolute Gasteiger partial charge is 0.459 e. The first kappa shape index (κ1) is 24.1. The highest BCUT2D eigenvalue weighted by Crippen LogP contribution is 2.23. The number of ether oxygens (including phenoxy) is 1. The van der Waals surface area contributed by atoms with Crippen LogP contribution in [0.1, 0.15) is 33.0 Å². The van der Waals surface area contributed by atoms with Gasteiger partial charge in [-0.3, -0.25) is 14.4 Å². The van der Waals surface area contributed by atoms with Crippen LogP contribution in [0.5, 0.6) is 0 Å². The van der Waals surface area contributed by atoms with E-state index in [0.29, 0.717) is 21.4 Å². The van der Waals surface area contributed by atoms with Gasteiger partial charge in [-0.25, -0.2) is 9.80 Å². The number of hydrazone groups is 1. The Hall–Kier alpha value is -3.50. The zero-order valence-electron chi connectivity index (χ0n) is 18.3. The SMILES string of the molecule is CC(C)(C)OC(=O)C(N)CC(=O)N1C(=O)CN(N=Cc2ccc(-c3ccc(Cl)cc3)o2)C1=O. The van der Waals surface area contributed by atoms with E-state index in [9.17, 15) is 19.2 Å². The van der Waals surface area contributed by atoms with Gasteiger partial charge in [0, 0.05) is 10.6 Å². The standard InChI is InChI=1S/C22H23ClN4O6/c1-22(2,3)33-20(30)16(24)10-18(28)27-19(29)12-26(21(27)31)25-11-15-8-9-17(32-15)13-4-6-14(23)7-5-13/h4-9,11,16H,10,12,24H2,1-3H3. The molecule has 1 saturated heterocycles. The zero-order chi connectivity index (χ0) is 24.3. The Bertz CT molecular complexity index is 1100. The van der Waals surface area contributed by atoms with Crippen molar-refractivity contribution in [2.24, 2.45) is 10.8 Å². The second-order valence-corrected chi connectivity index (χ2v) is 8.70. The van der Waals surface area contributed by atoms with Gasteiger partial charge in [0.2, 0.25) is 5.91 Å². The van der Waals surface area contributed by atoms with Crippen LogP contribution in [0, 0.1) is 0 Å². The summed E-state index contributed by atoms with van der Waals surface area (Å²) in [5, 5.41) is 5.36. The Morgan fingerprint density at radius 2 is 1.88 bits per heavy atom. The number of amides is 4. The Kier molecular flexibility index (Phi) is 6.99. The van der Waals surface area contributed by atoms with Crippen molar-refractivity contribution in [2.45, 2.75) is 38.8 Å². The van der Waals surface area contributed by atoms with Gasteiger partial charge in [-0.05, 0) is 57.2 Å². The lowest BCUT2D eigenvalue weighted by molar-refractivity contribution is -0.158. The Balaban J connectivity index is 1.63. The van der Waals surface area contributed by atoms with Gasteiger partial charge in [0.05, 0.1) is 12.6 Å². The summed E-state index contributed by atoms with van der Waals surface area (Å²) in [4.78, 5) is 49.6. The van der Waals surface area contributed by atoms with Crippen molar-refractivity contribution in [2.75, 3.05) is 6.54 Å². The number of nitrogens with two attached hydrogens (primary N) is 1. The topological polar surface area (TPSA) is 136 Å². The van der Waals surface area contributed by atoms with E-state index < -0.39 is 48.4 Å². The van der Waals surface area contributed by atoms with Crippen LogP contribution in [0.2, 0.25) is 5.02 Å². The molecule has 2 N–H and O–H groups in total. The summed E-state index contributed by atoms with van der Waals surface area (Å²) in [6.45, 7) is 4.52. The monoisotopic (exact) mass is 474 g/mol. The Morgan fingerprint density at radius 3 is 2.52 bits per heavy atom. The smallest absolute Gasteiger partial charge is 0.354 e. The first-order valence-electron chi connectivity index (χ1n) is 10.00. The van der Waals surface area contributed by atoms with Gasteiger partial charge in [0.15, 0.2) is 0 Å². The molecule has 1 aliphatic rings. The van der Waals surface area contributed by atoms with E-state index in [2.05, 4.69) is 5.10 Å². The molecule has 10 nitrogen and oxygen atoms in total. The second-order valence-electron chi connectivity index (χ2n) is 8.26. The molecule has 0 radical (unpaired) electrons. The van der Waals surface area contributed by atoms with Crippen molar-refractivity contribution in [1.29, 1.82) is 0 Å². The van der Waals surface area contributed by atoms with Crippen LogP contribution < -0.4 is 5.73 Å². The highest BCUT2D eigenvalue weighted by molar-refractivity contribution is 6.30. The van der Waals surface area contributed by atoms with Gasteiger partial charge in [-0.15, -0.1) is 0 Å². The average molecular weight is 475 g/mol. The van der Waals surface area contributed by atoms with Gasteiger partial charge in [-0.1, -0.05) is 11.6 Å². The molecule has 11 heteroatoms. The molecule has 1 unspecified atom stereocenters. The summed E-state index contributed by atoms with van der Waals surface area (Å²) < 4.78 is 10.8. The molecule has 3 rings (SSSR count). The number of halogens is 1. The maximum Gasteiger partial charge on any atom is 0.354 e. The van der Waals surface area contributed by atoms with Gasteiger partial charge in [0.25, 0.3) is 5.91 Å². The summed E-state index contributed by atoms with van der Waals surface area (Å²) in [7, 11) is 0. The third kappa shape index (κ3) is 6.05.